The molecule has 2 aliphatic carbocycles. The van der Waals surface area contributed by atoms with Crippen LogP contribution in [-0.4, -0.2) is 19.3 Å². The first-order valence-electron chi connectivity index (χ1n) is 7.90. The first kappa shape index (κ1) is 15.7. The molecule has 2 heteroatoms. The molecular weight excluding hydrogens is 260 g/mol. The molecule has 0 aromatic rings. The highest BCUT2D eigenvalue weighted by Crippen LogP contribution is 2.61. The van der Waals surface area contributed by atoms with Crippen LogP contribution in [0.4, 0.5) is 0 Å². The first-order valence-corrected chi connectivity index (χ1v) is 11.4. The van der Waals surface area contributed by atoms with E-state index in [-0.39, 0.29) is 16.9 Å². The van der Waals surface area contributed by atoms with Gasteiger partial charge in [-0.15, -0.1) is 5.54 Å². The zero-order valence-electron chi connectivity index (χ0n) is 13.6. The van der Waals surface area contributed by atoms with Gasteiger partial charge in [-0.3, -0.25) is 0 Å². The van der Waals surface area contributed by atoms with E-state index in [9.17, 15) is 5.11 Å². The first-order chi connectivity index (χ1) is 9.18. The molecule has 4 atom stereocenters. The van der Waals surface area contributed by atoms with Gasteiger partial charge in [0.2, 0.25) is 0 Å². The standard InChI is InChI=1S/C18H28OSi/c1-17(11-6-7-14-20(3,4)5)13-10-15-16(19)9-8-12-18(15,17)2/h15-16,19H,8-10,12-13H2,1-5H3/t15-,16?,17-,18?/m0/s1. The maximum atomic E-state index is 10.3. The molecule has 2 saturated carbocycles. The van der Waals surface area contributed by atoms with Crippen LogP contribution in [0.3, 0.4) is 0 Å². The Morgan fingerprint density at radius 2 is 1.75 bits per heavy atom. The summed E-state index contributed by atoms with van der Waals surface area (Å²) in [5, 5.41) is 10.3. The second-order valence-electron chi connectivity index (χ2n) is 8.10. The largest absolute Gasteiger partial charge is 0.393 e. The van der Waals surface area contributed by atoms with Crippen LogP contribution in [0.15, 0.2) is 0 Å². The Hall–Kier alpha value is -0.703. The summed E-state index contributed by atoms with van der Waals surface area (Å²) in [7, 11) is -1.33. The van der Waals surface area contributed by atoms with Crippen molar-refractivity contribution >= 4 is 8.07 Å². The van der Waals surface area contributed by atoms with E-state index in [0.29, 0.717) is 5.92 Å². The molecule has 2 rings (SSSR count). The molecule has 0 aromatic heterocycles. The van der Waals surface area contributed by atoms with E-state index in [1.54, 1.807) is 0 Å². The van der Waals surface area contributed by atoms with Crippen LogP contribution in [0.2, 0.25) is 19.6 Å². The minimum absolute atomic E-state index is 0.0210. The third-order valence-corrected chi connectivity index (χ3v) is 6.41. The fraction of sp³-hybridized carbons (Fsp3) is 0.778. The van der Waals surface area contributed by atoms with Gasteiger partial charge in [-0.25, -0.2) is 0 Å². The highest BCUT2D eigenvalue weighted by molar-refractivity contribution is 6.83. The van der Waals surface area contributed by atoms with Gasteiger partial charge in [-0.2, -0.15) is 0 Å². The fourth-order valence-electron chi connectivity index (χ4n) is 4.01. The second-order valence-corrected chi connectivity index (χ2v) is 12.9. The number of aliphatic hydroxyl groups is 1. The molecule has 0 bridgehead atoms. The van der Waals surface area contributed by atoms with Crippen molar-refractivity contribution in [2.75, 3.05) is 0 Å². The van der Waals surface area contributed by atoms with Crippen molar-refractivity contribution < 1.29 is 5.11 Å². The van der Waals surface area contributed by atoms with Crippen LogP contribution in [0.5, 0.6) is 0 Å². The normalized spacial score (nSPS) is 40.1. The summed E-state index contributed by atoms with van der Waals surface area (Å²) >= 11 is 0. The van der Waals surface area contributed by atoms with Crippen LogP contribution in [0.1, 0.15) is 46.0 Å². The molecule has 0 radical (unpaired) electrons. The number of aliphatic hydroxyl groups excluding tert-OH is 1. The van der Waals surface area contributed by atoms with E-state index in [1.807, 2.05) is 0 Å². The van der Waals surface area contributed by atoms with E-state index in [1.165, 1.54) is 6.42 Å². The second kappa shape index (κ2) is 5.25. The van der Waals surface area contributed by atoms with Gasteiger partial charge in [-0.1, -0.05) is 38.9 Å². The average molecular weight is 289 g/mol. The molecule has 0 spiro atoms. The Bertz CT molecular complexity index is 495. The van der Waals surface area contributed by atoms with Gasteiger partial charge >= 0.3 is 0 Å². The Balaban J connectivity index is 2.23. The number of fused-ring (bicyclic) bond motifs is 1. The monoisotopic (exact) mass is 288 g/mol. The van der Waals surface area contributed by atoms with Crippen LogP contribution < -0.4 is 0 Å². The quantitative estimate of drug-likeness (QED) is 0.530. The molecule has 0 saturated heterocycles. The Morgan fingerprint density at radius 1 is 1.05 bits per heavy atom. The van der Waals surface area contributed by atoms with E-state index in [2.05, 4.69) is 56.8 Å². The molecule has 0 aliphatic heterocycles. The number of hydrogen-bond donors (Lipinski definition) is 1. The van der Waals surface area contributed by atoms with Gasteiger partial charge in [0, 0.05) is 5.41 Å². The third kappa shape index (κ3) is 2.83. The molecule has 20 heavy (non-hydrogen) atoms. The lowest BCUT2D eigenvalue weighted by molar-refractivity contribution is -0.0295. The fourth-order valence-corrected chi connectivity index (χ4v) is 4.45. The Kier molecular flexibility index (Phi) is 4.11. The smallest absolute Gasteiger partial charge is 0.130 e. The van der Waals surface area contributed by atoms with Crippen molar-refractivity contribution in [3.05, 3.63) is 0 Å². The molecule has 0 heterocycles. The molecule has 0 aromatic carbocycles. The van der Waals surface area contributed by atoms with Crippen LogP contribution in [0.25, 0.3) is 0 Å². The summed E-state index contributed by atoms with van der Waals surface area (Å²) in [5.41, 5.74) is 3.51. The summed E-state index contributed by atoms with van der Waals surface area (Å²) in [6, 6.07) is 0. The van der Waals surface area contributed by atoms with Gasteiger partial charge in [0.1, 0.15) is 8.07 Å². The predicted molar refractivity (Wildman–Crippen MR) is 87.7 cm³/mol. The Morgan fingerprint density at radius 3 is 2.40 bits per heavy atom. The molecule has 110 valence electrons. The van der Waals surface area contributed by atoms with Gasteiger partial charge in [0.25, 0.3) is 0 Å². The highest BCUT2D eigenvalue weighted by Gasteiger charge is 2.56. The molecule has 0 amide bonds. The Labute approximate surface area is 125 Å². The summed E-state index contributed by atoms with van der Waals surface area (Å²) < 4.78 is 0. The maximum absolute atomic E-state index is 10.3. The number of hydrogen-bond acceptors (Lipinski definition) is 1. The van der Waals surface area contributed by atoms with Crippen molar-refractivity contribution in [3.63, 3.8) is 0 Å². The van der Waals surface area contributed by atoms with Gasteiger partial charge in [0.15, 0.2) is 0 Å². The topological polar surface area (TPSA) is 20.2 Å². The molecule has 2 aliphatic rings. The van der Waals surface area contributed by atoms with Crippen LogP contribution in [0, 0.1) is 40.1 Å². The summed E-state index contributed by atoms with van der Waals surface area (Å²) in [4.78, 5) is 0. The molecular formula is C18H28OSi. The molecule has 2 fully saturated rings. The SMILES string of the molecule is CC12CCCC(O)[C@@H]1CC[C@]2(C)C#CC#C[Si](C)(C)C. The zero-order chi connectivity index (χ0) is 15.0. The van der Waals surface area contributed by atoms with Crippen molar-refractivity contribution in [1.29, 1.82) is 0 Å². The molecule has 2 unspecified atom stereocenters. The lowest BCUT2D eigenvalue weighted by Gasteiger charge is -2.46. The van der Waals surface area contributed by atoms with E-state index in [4.69, 9.17) is 0 Å². The van der Waals surface area contributed by atoms with E-state index >= 15 is 0 Å². The maximum Gasteiger partial charge on any atom is 0.130 e. The van der Waals surface area contributed by atoms with Crippen molar-refractivity contribution in [3.8, 4) is 23.3 Å². The number of rotatable bonds is 0. The minimum atomic E-state index is -1.33. The van der Waals surface area contributed by atoms with E-state index < -0.39 is 8.07 Å². The van der Waals surface area contributed by atoms with Gasteiger partial charge < -0.3 is 5.11 Å². The summed E-state index contributed by atoms with van der Waals surface area (Å²) in [6.07, 6.45) is 5.40. The van der Waals surface area contributed by atoms with Crippen LogP contribution in [-0.2, 0) is 0 Å². The third-order valence-electron chi connectivity index (χ3n) is 5.53. The van der Waals surface area contributed by atoms with Crippen molar-refractivity contribution in [2.24, 2.45) is 16.7 Å². The summed E-state index contributed by atoms with van der Waals surface area (Å²) in [5.74, 6) is 10.1. The average Bonchev–Trinajstić information content (AvgIpc) is 2.58. The molecule has 1 N–H and O–H groups in total. The lowest BCUT2D eigenvalue weighted by Crippen LogP contribution is -2.43. The lowest BCUT2D eigenvalue weighted by atomic mass is 9.58. The zero-order valence-corrected chi connectivity index (χ0v) is 14.6. The molecule has 1 nitrogen and oxygen atoms in total. The van der Waals surface area contributed by atoms with Gasteiger partial charge in [0.05, 0.1) is 6.10 Å². The van der Waals surface area contributed by atoms with E-state index in [0.717, 1.165) is 25.7 Å². The summed E-state index contributed by atoms with van der Waals surface area (Å²) in [6.45, 7) is 11.4. The highest BCUT2D eigenvalue weighted by atomic mass is 28.3. The van der Waals surface area contributed by atoms with Crippen LogP contribution >= 0.6 is 0 Å². The predicted octanol–water partition coefficient (Wildman–Crippen LogP) is 3.84. The van der Waals surface area contributed by atoms with Crippen molar-refractivity contribution in [1.82, 2.24) is 0 Å². The van der Waals surface area contributed by atoms with Gasteiger partial charge in [-0.05, 0) is 55.8 Å². The van der Waals surface area contributed by atoms with Crippen molar-refractivity contribution in [2.45, 2.75) is 71.7 Å². The minimum Gasteiger partial charge on any atom is -0.393 e.